The molecule has 5 aromatic rings. The zero-order valence-electron chi connectivity index (χ0n) is 34.8. The highest BCUT2D eigenvalue weighted by atomic mass is 19.1. The summed E-state index contributed by atoms with van der Waals surface area (Å²) < 4.78 is 30.8. The number of amides is 4. The van der Waals surface area contributed by atoms with Gasteiger partial charge in [0.1, 0.15) is 42.3 Å². The molecule has 0 spiro atoms. The quantitative estimate of drug-likeness (QED) is 0.121. The Morgan fingerprint density at radius 1 is 0.867 bits per heavy atom. The number of aromatic nitrogens is 4. The van der Waals surface area contributed by atoms with Crippen LogP contribution in [0.1, 0.15) is 83.2 Å². The van der Waals surface area contributed by atoms with Crippen molar-refractivity contribution in [3.63, 3.8) is 0 Å². The highest BCUT2D eigenvalue weighted by Gasteiger charge is 2.43. The monoisotopic (exact) mass is 822 g/mol. The van der Waals surface area contributed by atoms with Gasteiger partial charge >= 0.3 is 12.2 Å². The van der Waals surface area contributed by atoms with Crippen molar-refractivity contribution in [3.05, 3.63) is 65.9 Å². The predicted octanol–water partition coefficient (Wildman–Crippen LogP) is 7.09. The van der Waals surface area contributed by atoms with Crippen LogP contribution in [0.25, 0.3) is 44.2 Å². The highest BCUT2D eigenvalue weighted by molar-refractivity contribution is 6.07. The van der Waals surface area contributed by atoms with E-state index in [1.165, 1.54) is 19.1 Å². The molecule has 2 fully saturated rings. The SMILES string of the molecule is COC(=O)NC(C(=O)N1C[C@@H](F)C[C@H]1c1ncc(-c2ccc3c(c2)COc2cc4c(ccc5nc([C@@H]6CC[C@H](C)N6C(=O)[C@@H](NC(=O)OC)C(C)C)[nH]c54)cc2-3)[nH]1)C(C)C. The predicted molar refractivity (Wildman–Crippen MR) is 222 cm³/mol. The van der Waals surface area contributed by atoms with Crippen LogP contribution in [0, 0.1) is 11.8 Å². The van der Waals surface area contributed by atoms with Crippen LogP contribution in [0.5, 0.6) is 5.75 Å². The fourth-order valence-electron chi connectivity index (χ4n) is 8.94. The minimum atomic E-state index is -1.24. The standard InChI is InChI=1S/C44H51FN8O7/c1-21(2)36(50-43(56)58-6)41(54)52-19-27(45)16-34(52)39-46-18-32(48-39)25-9-11-28-26(14-25)20-60-35-17-29-24(15-30(28)35)10-12-31-38(29)49-40(47-31)33-13-8-23(5)53(33)42(55)37(22(3)4)51-44(57)59-7/h9-12,14-15,17-18,21-23,27,33-34,36-37H,8,13,16,19-20H2,1-7H3,(H,46,48)(H,47,49)(H,50,56)(H,51,57)/t23-,27-,33-,34-,36?,37-/m0/s1. The minimum Gasteiger partial charge on any atom is -0.488 e. The van der Waals surface area contributed by atoms with Gasteiger partial charge in [-0.3, -0.25) is 9.59 Å². The molecular weight excluding hydrogens is 772 g/mol. The number of carbonyl (C=O) groups is 4. The summed E-state index contributed by atoms with van der Waals surface area (Å²) in [7, 11) is 2.52. The number of benzene rings is 3. The number of likely N-dealkylation sites (tertiary alicyclic amines) is 2. The summed E-state index contributed by atoms with van der Waals surface area (Å²) >= 11 is 0. The van der Waals surface area contributed by atoms with Crippen molar-refractivity contribution in [2.45, 2.75) is 96.9 Å². The molecule has 0 saturated carbocycles. The summed E-state index contributed by atoms with van der Waals surface area (Å²) in [5, 5.41) is 7.26. The van der Waals surface area contributed by atoms with Crippen LogP contribution in [0.3, 0.4) is 0 Å². The molecule has 5 heterocycles. The number of nitrogens with zero attached hydrogens (tertiary/aromatic N) is 4. The Labute approximate surface area is 346 Å². The molecular formula is C44H51FN8O7. The number of carbonyl (C=O) groups excluding carboxylic acids is 4. The van der Waals surface area contributed by atoms with Gasteiger partial charge in [0.25, 0.3) is 0 Å². The van der Waals surface area contributed by atoms with Gasteiger partial charge in [-0.25, -0.2) is 23.9 Å². The van der Waals surface area contributed by atoms with Crippen LogP contribution in [-0.2, 0) is 25.7 Å². The number of halogens is 1. The van der Waals surface area contributed by atoms with E-state index in [1.54, 1.807) is 6.20 Å². The van der Waals surface area contributed by atoms with E-state index in [0.29, 0.717) is 23.9 Å². The molecule has 0 aliphatic carbocycles. The lowest BCUT2D eigenvalue weighted by atomic mass is 9.92. The van der Waals surface area contributed by atoms with Gasteiger partial charge in [-0.1, -0.05) is 45.9 Å². The normalized spacial score (nSPS) is 20.8. The number of aromatic amines is 2. The van der Waals surface area contributed by atoms with E-state index in [1.807, 2.05) is 63.8 Å². The molecule has 1 unspecified atom stereocenters. The second kappa shape index (κ2) is 16.1. The largest absolute Gasteiger partial charge is 0.488 e. The van der Waals surface area contributed by atoms with E-state index in [2.05, 4.69) is 43.8 Å². The van der Waals surface area contributed by atoms with E-state index in [-0.39, 0.29) is 42.8 Å². The topological polar surface area (TPSA) is 184 Å². The van der Waals surface area contributed by atoms with E-state index in [0.717, 1.165) is 62.7 Å². The van der Waals surface area contributed by atoms with Gasteiger partial charge in [0.15, 0.2) is 0 Å². The number of alkyl carbamates (subject to hydrolysis) is 2. The van der Waals surface area contributed by atoms with E-state index in [4.69, 9.17) is 19.2 Å². The molecule has 2 aromatic heterocycles. The third-order valence-electron chi connectivity index (χ3n) is 12.1. The lowest BCUT2D eigenvalue weighted by molar-refractivity contribution is -0.137. The maximum absolute atomic E-state index is 14.9. The van der Waals surface area contributed by atoms with Crippen molar-refractivity contribution in [3.8, 4) is 28.1 Å². The number of H-pyrrole nitrogens is 2. The smallest absolute Gasteiger partial charge is 0.407 e. The van der Waals surface area contributed by atoms with Gasteiger partial charge in [-0.05, 0) is 77.9 Å². The van der Waals surface area contributed by atoms with Crippen LogP contribution in [-0.4, -0.2) is 98.8 Å². The maximum Gasteiger partial charge on any atom is 0.407 e. The number of imidazole rings is 2. The summed E-state index contributed by atoms with van der Waals surface area (Å²) in [6.45, 7) is 9.67. The Hall–Kier alpha value is -6.19. The van der Waals surface area contributed by atoms with Crippen LogP contribution >= 0.6 is 0 Å². The average molecular weight is 823 g/mol. The average Bonchev–Trinajstić information content (AvgIpc) is 4.05. The molecule has 0 bridgehead atoms. The number of methoxy groups -OCH3 is 2. The van der Waals surface area contributed by atoms with Crippen molar-refractivity contribution in [2.24, 2.45) is 11.8 Å². The third-order valence-corrected chi connectivity index (χ3v) is 12.1. The summed E-state index contributed by atoms with van der Waals surface area (Å²) in [4.78, 5) is 71.5. The van der Waals surface area contributed by atoms with Gasteiger partial charge in [0, 0.05) is 23.4 Å². The lowest BCUT2D eigenvalue weighted by Crippen LogP contribution is -2.52. The molecule has 15 nitrogen and oxygen atoms in total. The molecule has 8 rings (SSSR count). The molecule has 4 N–H and O–H groups in total. The number of ether oxygens (including phenoxy) is 3. The van der Waals surface area contributed by atoms with Crippen molar-refractivity contribution in [1.29, 1.82) is 0 Å². The molecule has 0 radical (unpaired) electrons. The molecule has 6 atom stereocenters. The highest BCUT2D eigenvalue weighted by Crippen LogP contribution is 2.44. The second-order valence-electron chi connectivity index (χ2n) is 16.7. The number of hydrogen-bond acceptors (Lipinski definition) is 9. The van der Waals surface area contributed by atoms with E-state index < -0.39 is 42.4 Å². The first-order valence-corrected chi connectivity index (χ1v) is 20.5. The maximum atomic E-state index is 14.9. The van der Waals surface area contributed by atoms with Gasteiger partial charge in [-0.2, -0.15) is 0 Å². The summed E-state index contributed by atoms with van der Waals surface area (Å²) in [6.07, 6.45) is 0.708. The summed E-state index contributed by atoms with van der Waals surface area (Å²) in [5.41, 5.74) is 6.18. The molecule has 3 aromatic carbocycles. The Bertz CT molecular complexity index is 2480. The first-order chi connectivity index (χ1) is 28.8. The van der Waals surface area contributed by atoms with Crippen molar-refractivity contribution >= 4 is 45.8 Å². The first-order valence-electron chi connectivity index (χ1n) is 20.5. The van der Waals surface area contributed by atoms with Gasteiger partial charge in [0.2, 0.25) is 11.8 Å². The molecule has 4 amide bonds. The van der Waals surface area contributed by atoms with Crippen molar-refractivity contribution in [2.75, 3.05) is 20.8 Å². The van der Waals surface area contributed by atoms with Gasteiger partial charge in [0.05, 0.1) is 55.8 Å². The number of alkyl halides is 1. The fourth-order valence-corrected chi connectivity index (χ4v) is 8.94. The van der Waals surface area contributed by atoms with Crippen LogP contribution in [0.15, 0.2) is 48.7 Å². The van der Waals surface area contributed by atoms with Crippen LogP contribution in [0.2, 0.25) is 0 Å². The zero-order chi connectivity index (χ0) is 42.6. The van der Waals surface area contributed by atoms with Crippen LogP contribution < -0.4 is 15.4 Å². The first kappa shape index (κ1) is 40.6. The number of fused-ring (bicyclic) bond motifs is 6. The van der Waals surface area contributed by atoms with Crippen molar-refractivity contribution < 1.29 is 37.8 Å². The fraction of sp³-hybridized carbons (Fsp3) is 0.455. The van der Waals surface area contributed by atoms with Gasteiger partial charge < -0.3 is 44.6 Å². The molecule has 60 heavy (non-hydrogen) atoms. The lowest BCUT2D eigenvalue weighted by Gasteiger charge is -2.32. The van der Waals surface area contributed by atoms with Crippen LogP contribution in [0.4, 0.5) is 14.0 Å². The number of rotatable bonds is 9. The Balaban J connectivity index is 1.05. The molecule has 2 saturated heterocycles. The Kier molecular flexibility index (Phi) is 10.9. The summed E-state index contributed by atoms with van der Waals surface area (Å²) in [6, 6.07) is 11.7. The number of hydrogen-bond donors (Lipinski definition) is 4. The minimum absolute atomic E-state index is 0.0391. The van der Waals surface area contributed by atoms with E-state index >= 15 is 0 Å². The van der Waals surface area contributed by atoms with Crippen molar-refractivity contribution in [1.82, 2.24) is 40.4 Å². The molecule has 316 valence electrons. The number of nitrogens with one attached hydrogen (secondary N) is 4. The molecule has 16 heteroatoms. The molecule has 3 aliphatic heterocycles. The molecule has 3 aliphatic rings. The summed E-state index contributed by atoms with van der Waals surface area (Å²) in [5.74, 6) is 0.952. The zero-order valence-corrected chi connectivity index (χ0v) is 34.8. The Morgan fingerprint density at radius 2 is 1.58 bits per heavy atom. The second-order valence-corrected chi connectivity index (χ2v) is 16.7. The van der Waals surface area contributed by atoms with Gasteiger partial charge in [-0.15, -0.1) is 0 Å². The third kappa shape index (κ3) is 7.36. The Morgan fingerprint density at radius 3 is 2.28 bits per heavy atom. The van der Waals surface area contributed by atoms with E-state index in [9.17, 15) is 23.6 Å².